The summed E-state index contributed by atoms with van der Waals surface area (Å²) < 4.78 is 18.8. The van der Waals surface area contributed by atoms with E-state index in [-0.39, 0.29) is 5.75 Å². The van der Waals surface area contributed by atoms with Crippen LogP contribution in [0.3, 0.4) is 0 Å². The van der Waals surface area contributed by atoms with Crippen molar-refractivity contribution in [2.24, 2.45) is 5.18 Å². The van der Waals surface area contributed by atoms with Gasteiger partial charge in [0, 0.05) is 11.6 Å². The van der Waals surface area contributed by atoms with E-state index in [2.05, 4.69) is 5.18 Å². The summed E-state index contributed by atoms with van der Waals surface area (Å²) in [7, 11) is 0. The molecule has 7 nitrogen and oxygen atoms in total. The Morgan fingerprint density at radius 2 is 1.79 bits per heavy atom. The summed E-state index contributed by atoms with van der Waals surface area (Å²) >= 11 is 0. The minimum absolute atomic E-state index is 0.244. The van der Waals surface area contributed by atoms with Crippen molar-refractivity contribution in [3.8, 4) is 5.75 Å². The van der Waals surface area contributed by atoms with Crippen LogP contribution < -0.4 is 4.74 Å². The second kappa shape index (κ2) is 7.42. The molecule has 0 aliphatic carbocycles. The molecule has 2 N–H and O–H groups in total. The zero-order valence-corrected chi connectivity index (χ0v) is 12.1. The highest BCUT2D eigenvalue weighted by atomic mass is 19.1. The van der Waals surface area contributed by atoms with Crippen LogP contribution in [0.4, 0.5) is 4.39 Å². The zero-order chi connectivity index (χ0) is 17.7. The summed E-state index contributed by atoms with van der Waals surface area (Å²) in [6.07, 6.45) is -1.56. The Kier molecular flexibility index (Phi) is 5.33. The molecule has 0 aliphatic rings. The first kappa shape index (κ1) is 17.2. The van der Waals surface area contributed by atoms with Gasteiger partial charge in [0.15, 0.2) is 6.10 Å². The quantitative estimate of drug-likeness (QED) is 0.476. The van der Waals surface area contributed by atoms with Gasteiger partial charge in [-0.3, -0.25) is 0 Å². The molecule has 0 aliphatic heterocycles. The predicted molar refractivity (Wildman–Crippen MR) is 79.6 cm³/mol. The van der Waals surface area contributed by atoms with Gasteiger partial charge in [0.2, 0.25) is 6.04 Å². The number of aliphatic hydroxyl groups is 1. The Labute approximate surface area is 135 Å². The van der Waals surface area contributed by atoms with Crippen molar-refractivity contribution in [1.82, 2.24) is 0 Å². The second-order valence-corrected chi connectivity index (χ2v) is 4.76. The van der Waals surface area contributed by atoms with Crippen LogP contribution >= 0.6 is 0 Å². The molecule has 0 radical (unpaired) electrons. The first-order chi connectivity index (χ1) is 11.4. The summed E-state index contributed by atoms with van der Waals surface area (Å²) in [6.45, 7) is 0. The molecule has 124 valence electrons. The Bertz CT molecular complexity index is 764. The highest BCUT2D eigenvalue weighted by Gasteiger charge is 2.25. The molecule has 0 aromatic heterocycles. The average molecular weight is 333 g/mol. The topological polar surface area (TPSA) is 113 Å². The van der Waals surface area contributed by atoms with Gasteiger partial charge in [-0.1, -0.05) is 30.3 Å². The molecule has 2 unspecified atom stereocenters. The number of nitrogens with zero attached hydrogens (tertiary/aromatic N) is 1. The maximum Gasteiger partial charge on any atom is 0.345 e. The van der Waals surface area contributed by atoms with Gasteiger partial charge in [0.05, 0.1) is 0 Å². The van der Waals surface area contributed by atoms with Crippen LogP contribution in [0.15, 0.2) is 53.7 Å². The molecule has 0 spiro atoms. The fourth-order valence-electron chi connectivity index (χ4n) is 1.97. The van der Waals surface area contributed by atoms with E-state index >= 15 is 0 Å². The largest absolute Gasteiger partial charge is 0.479 e. The van der Waals surface area contributed by atoms with Crippen molar-refractivity contribution in [3.63, 3.8) is 0 Å². The zero-order valence-electron chi connectivity index (χ0n) is 12.1. The van der Waals surface area contributed by atoms with Gasteiger partial charge in [0.1, 0.15) is 11.6 Å². The molecule has 0 saturated heterocycles. The van der Waals surface area contributed by atoms with E-state index in [1.165, 1.54) is 12.1 Å². The van der Waals surface area contributed by atoms with E-state index < -0.39 is 35.5 Å². The van der Waals surface area contributed by atoms with E-state index in [0.717, 1.165) is 18.2 Å². The second-order valence-electron chi connectivity index (χ2n) is 4.76. The van der Waals surface area contributed by atoms with E-state index in [1.807, 2.05) is 0 Å². The number of carboxylic acids is 1. The van der Waals surface area contributed by atoms with E-state index in [1.54, 1.807) is 18.2 Å². The molecule has 0 amide bonds. The van der Waals surface area contributed by atoms with Crippen LogP contribution in [0.5, 0.6) is 5.75 Å². The number of benzene rings is 2. The van der Waals surface area contributed by atoms with Gasteiger partial charge in [-0.05, 0) is 22.9 Å². The SMILES string of the molecule is O=NC(C(=O)O)c1ccc(OC(=O)C(O)c2ccccc2)cc1F. The number of hydrogen-bond acceptors (Lipinski definition) is 6. The van der Waals surface area contributed by atoms with Crippen LogP contribution in [-0.2, 0) is 9.59 Å². The van der Waals surface area contributed by atoms with Gasteiger partial charge < -0.3 is 14.9 Å². The molecule has 0 heterocycles. The molecule has 0 fully saturated rings. The first-order valence-electron chi connectivity index (χ1n) is 6.73. The van der Waals surface area contributed by atoms with Crippen molar-refractivity contribution in [1.29, 1.82) is 0 Å². The summed E-state index contributed by atoms with van der Waals surface area (Å²) in [5.74, 6) is -3.95. The highest BCUT2D eigenvalue weighted by molar-refractivity contribution is 5.79. The Morgan fingerprint density at radius 1 is 1.12 bits per heavy atom. The van der Waals surface area contributed by atoms with Crippen LogP contribution in [0.1, 0.15) is 23.3 Å². The lowest BCUT2D eigenvalue weighted by molar-refractivity contribution is -0.144. The van der Waals surface area contributed by atoms with Crippen molar-refractivity contribution >= 4 is 11.9 Å². The van der Waals surface area contributed by atoms with Crippen molar-refractivity contribution in [2.75, 3.05) is 0 Å². The van der Waals surface area contributed by atoms with E-state index in [9.17, 15) is 24.0 Å². The normalized spacial score (nSPS) is 12.9. The molecule has 2 aromatic carbocycles. The molecular weight excluding hydrogens is 321 g/mol. The number of ether oxygens (including phenoxy) is 1. The standard InChI is InChI=1S/C16H12FNO6/c17-12-8-10(6-7-11(12)13(18-23)15(20)21)24-16(22)14(19)9-4-2-1-3-5-9/h1-8,13-14,19H,(H,20,21). The number of carbonyl (C=O) groups is 2. The minimum atomic E-state index is -1.90. The number of carbonyl (C=O) groups excluding carboxylic acids is 1. The lowest BCUT2D eigenvalue weighted by atomic mass is 10.1. The minimum Gasteiger partial charge on any atom is -0.479 e. The summed E-state index contributed by atoms with van der Waals surface area (Å²) in [4.78, 5) is 33.2. The lowest BCUT2D eigenvalue weighted by Crippen LogP contribution is -2.18. The third-order valence-corrected chi connectivity index (χ3v) is 3.16. The molecular formula is C16H12FNO6. The Hall–Kier alpha value is -3.13. The van der Waals surface area contributed by atoms with Gasteiger partial charge in [-0.25, -0.2) is 14.0 Å². The van der Waals surface area contributed by atoms with Gasteiger partial charge in [-0.15, -0.1) is 4.91 Å². The van der Waals surface area contributed by atoms with Crippen molar-refractivity contribution < 1.29 is 28.9 Å². The van der Waals surface area contributed by atoms with Gasteiger partial charge in [0.25, 0.3) is 0 Å². The maximum atomic E-state index is 13.9. The highest BCUT2D eigenvalue weighted by Crippen LogP contribution is 2.25. The number of rotatable bonds is 6. The van der Waals surface area contributed by atoms with Gasteiger partial charge in [-0.2, -0.15) is 0 Å². The Morgan fingerprint density at radius 3 is 2.33 bits per heavy atom. The molecule has 0 saturated carbocycles. The van der Waals surface area contributed by atoms with E-state index in [0.29, 0.717) is 5.56 Å². The third kappa shape index (κ3) is 3.79. The first-order valence-corrected chi connectivity index (χ1v) is 6.73. The summed E-state index contributed by atoms with van der Waals surface area (Å²) in [6, 6.07) is 8.91. The van der Waals surface area contributed by atoms with Crippen LogP contribution in [-0.4, -0.2) is 22.2 Å². The smallest absolute Gasteiger partial charge is 0.345 e. The lowest BCUT2D eigenvalue weighted by Gasteiger charge is -2.12. The maximum absolute atomic E-state index is 13.9. The van der Waals surface area contributed by atoms with Gasteiger partial charge >= 0.3 is 11.9 Å². The molecule has 24 heavy (non-hydrogen) atoms. The number of esters is 1. The van der Waals surface area contributed by atoms with Crippen LogP contribution in [0.2, 0.25) is 0 Å². The number of nitroso groups, excluding NO2 is 1. The number of halogens is 1. The average Bonchev–Trinajstić information content (AvgIpc) is 2.57. The van der Waals surface area contributed by atoms with Crippen molar-refractivity contribution in [3.05, 3.63) is 70.4 Å². The molecule has 2 aromatic rings. The Balaban J connectivity index is 2.16. The molecule has 2 atom stereocenters. The molecule has 0 bridgehead atoms. The molecule has 8 heteroatoms. The summed E-state index contributed by atoms with van der Waals surface area (Å²) in [5.41, 5.74) is -0.156. The summed E-state index contributed by atoms with van der Waals surface area (Å²) in [5, 5.41) is 21.0. The monoisotopic (exact) mass is 333 g/mol. The number of aliphatic hydroxyl groups excluding tert-OH is 1. The fourth-order valence-corrected chi connectivity index (χ4v) is 1.97. The van der Waals surface area contributed by atoms with E-state index in [4.69, 9.17) is 9.84 Å². The number of hydrogen-bond donors (Lipinski definition) is 2. The van der Waals surface area contributed by atoms with Crippen LogP contribution in [0, 0.1) is 10.7 Å². The number of carboxylic acid groups (broad SMARTS) is 1. The number of aliphatic carboxylic acids is 1. The third-order valence-electron chi connectivity index (χ3n) is 3.16. The fraction of sp³-hybridized carbons (Fsp3) is 0.125. The van der Waals surface area contributed by atoms with Crippen LogP contribution in [0.25, 0.3) is 0 Å². The predicted octanol–water partition coefficient (Wildman–Crippen LogP) is 2.36. The molecule has 2 rings (SSSR count). The van der Waals surface area contributed by atoms with Crippen molar-refractivity contribution in [2.45, 2.75) is 12.1 Å².